The number of nitrogens with two attached hydrogens (primary N) is 1. The zero-order valence-corrected chi connectivity index (χ0v) is 12.1. The number of nitrogens with one attached hydrogen (secondary N) is 1. The Bertz CT molecular complexity index is 233. The second-order valence-corrected chi connectivity index (χ2v) is 5.92. The Hall–Kier alpha value is -0.570. The van der Waals surface area contributed by atoms with Crippen molar-refractivity contribution >= 4 is 5.91 Å². The zero-order valence-electron chi connectivity index (χ0n) is 12.1. The van der Waals surface area contributed by atoms with Crippen LogP contribution in [0, 0.1) is 11.8 Å². The Morgan fingerprint density at radius 1 is 1.33 bits per heavy atom. The van der Waals surface area contributed by atoms with E-state index >= 15 is 0 Å². The maximum absolute atomic E-state index is 11.8. The highest BCUT2D eigenvalue weighted by Crippen LogP contribution is 2.33. The number of hydrogen-bond acceptors (Lipinski definition) is 2. The van der Waals surface area contributed by atoms with Crippen LogP contribution in [-0.4, -0.2) is 18.5 Å². The van der Waals surface area contributed by atoms with E-state index in [1.807, 2.05) is 0 Å². The molecule has 106 valence electrons. The molecule has 0 radical (unpaired) electrons. The van der Waals surface area contributed by atoms with E-state index in [0.717, 1.165) is 31.7 Å². The van der Waals surface area contributed by atoms with Crippen molar-refractivity contribution in [2.24, 2.45) is 17.6 Å². The summed E-state index contributed by atoms with van der Waals surface area (Å²) in [5.74, 6) is 1.73. The fraction of sp³-hybridized carbons (Fsp3) is 0.933. The molecule has 2 atom stereocenters. The molecule has 0 saturated heterocycles. The first-order valence-corrected chi connectivity index (χ1v) is 7.65. The molecule has 1 fully saturated rings. The molecule has 0 aromatic heterocycles. The van der Waals surface area contributed by atoms with Crippen LogP contribution < -0.4 is 11.1 Å². The van der Waals surface area contributed by atoms with Crippen molar-refractivity contribution in [1.82, 2.24) is 5.32 Å². The van der Waals surface area contributed by atoms with E-state index in [-0.39, 0.29) is 5.91 Å². The van der Waals surface area contributed by atoms with Gasteiger partial charge in [-0.1, -0.05) is 32.6 Å². The predicted molar refractivity (Wildman–Crippen MR) is 76.2 cm³/mol. The normalized spacial score (nSPS) is 18.4. The van der Waals surface area contributed by atoms with E-state index in [1.54, 1.807) is 0 Å². The first-order chi connectivity index (χ1) is 8.65. The van der Waals surface area contributed by atoms with Gasteiger partial charge in [0, 0.05) is 12.5 Å². The first-order valence-electron chi connectivity index (χ1n) is 7.65. The van der Waals surface area contributed by atoms with Crippen LogP contribution in [0.25, 0.3) is 0 Å². The quantitative estimate of drug-likeness (QED) is 0.630. The molecule has 1 amide bonds. The molecule has 18 heavy (non-hydrogen) atoms. The second-order valence-electron chi connectivity index (χ2n) is 5.92. The highest BCUT2D eigenvalue weighted by molar-refractivity contribution is 5.76. The topological polar surface area (TPSA) is 55.1 Å². The molecule has 0 aliphatic heterocycles. The zero-order chi connectivity index (χ0) is 13.4. The van der Waals surface area contributed by atoms with Gasteiger partial charge in [-0.25, -0.2) is 0 Å². The van der Waals surface area contributed by atoms with Crippen molar-refractivity contribution in [3.05, 3.63) is 0 Å². The number of carbonyl (C=O) groups is 1. The van der Waals surface area contributed by atoms with Gasteiger partial charge in [0.25, 0.3) is 0 Å². The smallest absolute Gasteiger partial charge is 0.220 e. The number of amides is 1. The SMILES string of the molecule is CCCC(CCN)CCC(=O)NC(C)CC1CC1. The molecule has 0 aromatic carbocycles. The van der Waals surface area contributed by atoms with Gasteiger partial charge in [0.05, 0.1) is 0 Å². The fourth-order valence-corrected chi connectivity index (χ4v) is 2.67. The van der Waals surface area contributed by atoms with Gasteiger partial charge >= 0.3 is 0 Å². The molecule has 2 unspecified atom stereocenters. The minimum absolute atomic E-state index is 0.223. The van der Waals surface area contributed by atoms with Gasteiger partial charge in [-0.3, -0.25) is 4.79 Å². The van der Waals surface area contributed by atoms with E-state index in [1.165, 1.54) is 25.7 Å². The molecule has 1 aliphatic carbocycles. The van der Waals surface area contributed by atoms with E-state index in [4.69, 9.17) is 5.73 Å². The summed E-state index contributed by atoms with van der Waals surface area (Å²) in [6.07, 6.45) is 8.97. The van der Waals surface area contributed by atoms with Gasteiger partial charge in [0.1, 0.15) is 0 Å². The highest BCUT2D eigenvalue weighted by atomic mass is 16.1. The van der Waals surface area contributed by atoms with Crippen molar-refractivity contribution < 1.29 is 4.79 Å². The molecule has 0 heterocycles. The lowest BCUT2D eigenvalue weighted by Crippen LogP contribution is -2.33. The van der Waals surface area contributed by atoms with Crippen LogP contribution in [0.4, 0.5) is 0 Å². The van der Waals surface area contributed by atoms with Gasteiger partial charge < -0.3 is 11.1 Å². The minimum atomic E-state index is 0.223. The Morgan fingerprint density at radius 3 is 2.61 bits per heavy atom. The summed E-state index contributed by atoms with van der Waals surface area (Å²) < 4.78 is 0. The van der Waals surface area contributed by atoms with Gasteiger partial charge in [0.15, 0.2) is 0 Å². The first kappa shape index (κ1) is 15.5. The van der Waals surface area contributed by atoms with E-state index in [2.05, 4.69) is 19.2 Å². The maximum Gasteiger partial charge on any atom is 0.220 e. The molecule has 0 bridgehead atoms. The molecule has 3 heteroatoms. The summed E-state index contributed by atoms with van der Waals surface area (Å²) in [6.45, 7) is 5.06. The molecule has 1 rings (SSSR count). The van der Waals surface area contributed by atoms with E-state index in [0.29, 0.717) is 18.4 Å². The Kier molecular flexibility index (Phi) is 7.33. The van der Waals surface area contributed by atoms with Gasteiger partial charge in [-0.2, -0.15) is 0 Å². The number of rotatable bonds is 10. The largest absolute Gasteiger partial charge is 0.354 e. The molecule has 0 aromatic rings. The lowest BCUT2D eigenvalue weighted by atomic mass is 9.94. The third kappa shape index (κ3) is 7.00. The average molecular weight is 254 g/mol. The number of carbonyl (C=O) groups excluding carboxylic acids is 1. The van der Waals surface area contributed by atoms with Crippen molar-refractivity contribution in [3.63, 3.8) is 0 Å². The maximum atomic E-state index is 11.8. The fourth-order valence-electron chi connectivity index (χ4n) is 2.67. The Balaban J connectivity index is 2.12. The Morgan fingerprint density at radius 2 is 2.06 bits per heavy atom. The summed E-state index contributed by atoms with van der Waals surface area (Å²) in [5, 5.41) is 3.12. The van der Waals surface area contributed by atoms with Gasteiger partial charge in [-0.05, 0) is 44.6 Å². The third-order valence-corrected chi connectivity index (χ3v) is 3.84. The summed E-state index contributed by atoms with van der Waals surface area (Å²) in [6, 6.07) is 0.351. The summed E-state index contributed by atoms with van der Waals surface area (Å²) in [4.78, 5) is 11.8. The van der Waals surface area contributed by atoms with Crippen LogP contribution in [0.3, 0.4) is 0 Å². The molecule has 0 spiro atoms. The standard InChI is InChI=1S/C15H30N2O/c1-3-4-13(9-10-16)7-8-15(18)17-12(2)11-14-5-6-14/h12-14H,3-11,16H2,1-2H3,(H,17,18). The summed E-state index contributed by atoms with van der Waals surface area (Å²) in [7, 11) is 0. The molecule has 3 nitrogen and oxygen atoms in total. The molecule has 3 N–H and O–H groups in total. The summed E-state index contributed by atoms with van der Waals surface area (Å²) >= 11 is 0. The third-order valence-electron chi connectivity index (χ3n) is 3.84. The van der Waals surface area contributed by atoms with E-state index < -0.39 is 0 Å². The Labute approximate surface area is 112 Å². The highest BCUT2D eigenvalue weighted by Gasteiger charge is 2.24. The van der Waals surface area contributed by atoms with Crippen LogP contribution in [-0.2, 0) is 4.79 Å². The van der Waals surface area contributed by atoms with Crippen LogP contribution in [0.2, 0.25) is 0 Å². The van der Waals surface area contributed by atoms with Crippen molar-refractivity contribution in [2.45, 2.75) is 71.3 Å². The summed E-state index contributed by atoms with van der Waals surface area (Å²) in [5.41, 5.74) is 5.61. The lowest BCUT2D eigenvalue weighted by Gasteiger charge is -2.17. The van der Waals surface area contributed by atoms with Crippen LogP contribution in [0.5, 0.6) is 0 Å². The number of hydrogen-bond donors (Lipinski definition) is 2. The van der Waals surface area contributed by atoms with Gasteiger partial charge in [0.2, 0.25) is 5.91 Å². The van der Waals surface area contributed by atoms with Crippen LogP contribution in [0.15, 0.2) is 0 Å². The molecular formula is C15H30N2O. The predicted octanol–water partition coefficient (Wildman–Crippen LogP) is 2.84. The lowest BCUT2D eigenvalue weighted by molar-refractivity contribution is -0.122. The monoisotopic (exact) mass is 254 g/mol. The van der Waals surface area contributed by atoms with Crippen molar-refractivity contribution in [3.8, 4) is 0 Å². The second kappa shape index (κ2) is 8.52. The minimum Gasteiger partial charge on any atom is -0.354 e. The van der Waals surface area contributed by atoms with E-state index in [9.17, 15) is 4.79 Å². The van der Waals surface area contributed by atoms with Gasteiger partial charge in [-0.15, -0.1) is 0 Å². The molecular weight excluding hydrogens is 224 g/mol. The van der Waals surface area contributed by atoms with Crippen molar-refractivity contribution in [2.75, 3.05) is 6.54 Å². The average Bonchev–Trinajstić information content (AvgIpc) is 3.10. The van der Waals surface area contributed by atoms with Crippen molar-refractivity contribution in [1.29, 1.82) is 0 Å². The van der Waals surface area contributed by atoms with Crippen LogP contribution in [0.1, 0.15) is 65.2 Å². The molecule has 1 aliphatic rings. The molecule has 1 saturated carbocycles. The van der Waals surface area contributed by atoms with Crippen LogP contribution >= 0.6 is 0 Å².